The summed E-state index contributed by atoms with van der Waals surface area (Å²) in [6.45, 7) is 8.30. The predicted molar refractivity (Wildman–Crippen MR) is 81.9 cm³/mol. The normalized spacial score (nSPS) is 19.1. The van der Waals surface area contributed by atoms with Crippen LogP contribution in [-0.2, 0) is 6.54 Å². The van der Waals surface area contributed by atoms with E-state index in [9.17, 15) is 0 Å². The summed E-state index contributed by atoms with van der Waals surface area (Å²) in [6.07, 6.45) is 3.90. The van der Waals surface area contributed by atoms with Gasteiger partial charge in [-0.05, 0) is 37.4 Å². The Morgan fingerprint density at radius 1 is 1.42 bits per heavy atom. The standard InChI is InChI=1S/C15H24ClN3/c1-3-5-12-8-9-19(11-12)15-7-6-13(16)14(18-15)10-17-4-2/h6-7,12,17H,3-5,8-11H2,1-2H3. The SMILES string of the molecule is CCCC1CCN(c2ccc(Cl)c(CNCC)n2)C1. The van der Waals surface area contributed by atoms with Crippen LogP contribution >= 0.6 is 11.6 Å². The number of pyridine rings is 1. The molecule has 2 heterocycles. The van der Waals surface area contributed by atoms with E-state index in [-0.39, 0.29) is 0 Å². The molecule has 0 radical (unpaired) electrons. The highest BCUT2D eigenvalue weighted by Crippen LogP contribution is 2.27. The first kappa shape index (κ1) is 14.6. The van der Waals surface area contributed by atoms with Gasteiger partial charge in [-0.2, -0.15) is 0 Å². The maximum absolute atomic E-state index is 6.20. The number of nitrogens with zero attached hydrogens (tertiary/aromatic N) is 2. The molecule has 1 aliphatic rings. The van der Waals surface area contributed by atoms with Gasteiger partial charge >= 0.3 is 0 Å². The van der Waals surface area contributed by atoms with E-state index < -0.39 is 0 Å². The highest BCUT2D eigenvalue weighted by Gasteiger charge is 2.23. The van der Waals surface area contributed by atoms with Gasteiger partial charge in [0.2, 0.25) is 0 Å². The lowest BCUT2D eigenvalue weighted by molar-refractivity contribution is 0.529. The Bertz CT molecular complexity index is 408. The van der Waals surface area contributed by atoms with Crippen LogP contribution in [0.15, 0.2) is 12.1 Å². The largest absolute Gasteiger partial charge is 0.356 e. The number of nitrogens with one attached hydrogen (secondary N) is 1. The zero-order valence-corrected chi connectivity index (χ0v) is 12.7. The molecular weight excluding hydrogens is 258 g/mol. The Hall–Kier alpha value is -0.800. The van der Waals surface area contributed by atoms with E-state index in [4.69, 9.17) is 16.6 Å². The van der Waals surface area contributed by atoms with E-state index in [2.05, 4.69) is 24.1 Å². The van der Waals surface area contributed by atoms with Crippen molar-refractivity contribution in [1.82, 2.24) is 10.3 Å². The van der Waals surface area contributed by atoms with Crippen molar-refractivity contribution >= 4 is 17.4 Å². The molecular formula is C15H24ClN3. The molecule has 2 rings (SSSR count). The van der Waals surface area contributed by atoms with Gasteiger partial charge in [0.05, 0.1) is 10.7 Å². The molecule has 1 unspecified atom stereocenters. The van der Waals surface area contributed by atoms with Crippen LogP contribution in [0.2, 0.25) is 5.02 Å². The maximum Gasteiger partial charge on any atom is 0.128 e. The molecule has 0 amide bonds. The quantitative estimate of drug-likeness (QED) is 0.865. The third-order valence-corrected chi connectivity index (χ3v) is 4.10. The maximum atomic E-state index is 6.20. The Morgan fingerprint density at radius 3 is 3.00 bits per heavy atom. The molecule has 1 aromatic rings. The van der Waals surface area contributed by atoms with Gasteiger partial charge in [-0.3, -0.25) is 0 Å². The summed E-state index contributed by atoms with van der Waals surface area (Å²) >= 11 is 6.20. The van der Waals surface area contributed by atoms with Gasteiger partial charge in [0.25, 0.3) is 0 Å². The predicted octanol–water partition coefficient (Wildman–Crippen LogP) is 3.47. The molecule has 0 aromatic carbocycles. The molecule has 0 spiro atoms. The van der Waals surface area contributed by atoms with Crippen molar-refractivity contribution < 1.29 is 0 Å². The van der Waals surface area contributed by atoms with Crippen LogP contribution in [0.1, 0.15) is 38.8 Å². The van der Waals surface area contributed by atoms with Gasteiger partial charge in [0, 0.05) is 19.6 Å². The minimum Gasteiger partial charge on any atom is -0.356 e. The van der Waals surface area contributed by atoms with Gasteiger partial charge in [0.1, 0.15) is 5.82 Å². The molecule has 0 saturated carbocycles. The second-order valence-corrected chi connectivity index (χ2v) is 5.67. The fourth-order valence-electron chi connectivity index (χ4n) is 2.70. The molecule has 1 fully saturated rings. The molecule has 4 heteroatoms. The van der Waals surface area contributed by atoms with Crippen LogP contribution in [0.5, 0.6) is 0 Å². The molecule has 0 bridgehead atoms. The van der Waals surface area contributed by atoms with Crippen molar-refractivity contribution in [3.63, 3.8) is 0 Å². The Labute approximate surface area is 121 Å². The average Bonchev–Trinajstić information content (AvgIpc) is 2.87. The summed E-state index contributed by atoms with van der Waals surface area (Å²) in [5.74, 6) is 1.91. The lowest BCUT2D eigenvalue weighted by atomic mass is 10.0. The number of rotatable bonds is 6. The lowest BCUT2D eigenvalue weighted by Gasteiger charge is -2.19. The number of aromatic nitrogens is 1. The van der Waals surface area contributed by atoms with E-state index in [1.54, 1.807) is 0 Å². The molecule has 19 heavy (non-hydrogen) atoms. The molecule has 1 atom stereocenters. The summed E-state index contributed by atoms with van der Waals surface area (Å²) in [5.41, 5.74) is 0.958. The highest BCUT2D eigenvalue weighted by molar-refractivity contribution is 6.31. The Morgan fingerprint density at radius 2 is 2.26 bits per heavy atom. The van der Waals surface area contributed by atoms with Crippen molar-refractivity contribution in [2.24, 2.45) is 5.92 Å². The summed E-state index contributed by atoms with van der Waals surface area (Å²) in [7, 11) is 0. The van der Waals surface area contributed by atoms with E-state index in [1.165, 1.54) is 19.3 Å². The Balaban J connectivity index is 2.04. The number of hydrogen-bond donors (Lipinski definition) is 1. The molecule has 3 nitrogen and oxygen atoms in total. The van der Waals surface area contributed by atoms with Crippen LogP contribution in [0.3, 0.4) is 0 Å². The third-order valence-electron chi connectivity index (χ3n) is 3.75. The number of halogens is 1. The summed E-state index contributed by atoms with van der Waals surface area (Å²) < 4.78 is 0. The third kappa shape index (κ3) is 3.83. The minimum atomic E-state index is 0.745. The van der Waals surface area contributed by atoms with Crippen LogP contribution in [0.25, 0.3) is 0 Å². The minimum absolute atomic E-state index is 0.745. The van der Waals surface area contributed by atoms with Crippen molar-refractivity contribution in [3.8, 4) is 0 Å². The number of hydrogen-bond acceptors (Lipinski definition) is 3. The van der Waals surface area contributed by atoms with E-state index >= 15 is 0 Å². The first-order chi connectivity index (χ1) is 9.24. The van der Waals surface area contributed by atoms with Gasteiger partial charge in [-0.15, -0.1) is 0 Å². The van der Waals surface area contributed by atoms with Crippen molar-refractivity contribution in [1.29, 1.82) is 0 Å². The van der Waals surface area contributed by atoms with Crippen LogP contribution in [0, 0.1) is 5.92 Å². The zero-order valence-electron chi connectivity index (χ0n) is 12.0. The van der Waals surface area contributed by atoms with Crippen LogP contribution in [-0.4, -0.2) is 24.6 Å². The van der Waals surface area contributed by atoms with Gasteiger partial charge < -0.3 is 10.2 Å². The summed E-state index contributed by atoms with van der Waals surface area (Å²) in [4.78, 5) is 7.11. The van der Waals surface area contributed by atoms with E-state index in [1.807, 2.05) is 12.1 Å². The summed E-state index contributed by atoms with van der Waals surface area (Å²) in [6, 6.07) is 4.02. The first-order valence-electron chi connectivity index (χ1n) is 7.35. The molecule has 1 aliphatic heterocycles. The molecule has 1 saturated heterocycles. The highest BCUT2D eigenvalue weighted by atomic mass is 35.5. The topological polar surface area (TPSA) is 28.2 Å². The zero-order chi connectivity index (χ0) is 13.7. The molecule has 1 N–H and O–H groups in total. The van der Waals surface area contributed by atoms with Gasteiger partial charge in [-0.25, -0.2) is 4.98 Å². The van der Waals surface area contributed by atoms with Gasteiger partial charge in [0.15, 0.2) is 0 Å². The number of anilines is 1. The smallest absolute Gasteiger partial charge is 0.128 e. The van der Waals surface area contributed by atoms with Crippen molar-refractivity contribution in [3.05, 3.63) is 22.8 Å². The van der Waals surface area contributed by atoms with E-state index in [0.29, 0.717) is 0 Å². The molecule has 0 aliphatic carbocycles. The second-order valence-electron chi connectivity index (χ2n) is 5.27. The van der Waals surface area contributed by atoms with Crippen LogP contribution in [0.4, 0.5) is 5.82 Å². The second kappa shape index (κ2) is 7.11. The summed E-state index contributed by atoms with van der Waals surface area (Å²) in [5, 5.41) is 4.05. The first-order valence-corrected chi connectivity index (χ1v) is 7.73. The molecule has 1 aromatic heterocycles. The van der Waals surface area contributed by atoms with Crippen molar-refractivity contribution in [2.75, 3.05) is 24.5 Å². The van der Waals surface area contributed by atoms with E-state index in [0.717, 1.165) is 48.6 Å². The average molecular weight is 282 g/mol. The monoisotopic (exact) mass is 281 g/mol. The van der Waals surface area contributed by atoms with Crippen LogP contribution < -0.4 is 10.2 Å². The fraction of sp³-hybridized carbons (Fsp3) is 0.667. The lowest BCUT2D eigenvalue weighted by Crippen LogP contribution is -2.22. The fourth-order valence-corrected chi connectivity index (χ4v) is 2.87. The van der Waals surface area contributed by atoms with Crippen molar-refractivity contribution in [2.45, 2.75) is 39.7 Å². The van der Waals surface area contributed by atoms with Gasteiger partial charge in [-0.1, -0.05) is 31.9 Å². The Kier molecular flexibility index (Phi) is 5.46. The molecule has 106 valence electrons.